The van der Waals surface area contributed by atoms with Gasteiger partial charge in [0.05, 0.1) is 0 Å². The third kappa shape index (κ3) is 7.34. The van der Waals surface area contributed by atoms with Gasteiger partial charge in [-0.3, -0.25) is 0 Å². The molecule has 138 valence electrons. The van der Waals surface area contributed by atoms with Gasteiger partial charge in [-0.25, -0.2) is 0 Å². The molecule has 0 N–H and O–H groups in total. The van der Waals surface area contributed by atoms with Crippen molar-refractivity contribution >= 4 is 11.1 Å². The minimum absolute atomic E-state index is 0. The largest absolute Gasteiger partial charge is 0.0811 e. The van der Waals surface area contributed by atoms with E-state index < -0.39 is 0 Å². The zero-order chi connectivity index (χ0) is 17.1. The number of allylic oxidation sites excluding steroid dienone is 4. The van der Waals surface area contributed by atoms with Gasteiger partial charge in [0.25, 0.3) is 0 Å². The van der Waals surface area contributed by atoms with Crippen molar-refractivity contribution in [2.45, 2.75) is 70.2 Å². The summed E-state index contributed by atoms with van der Waals surface area (Å²) in [4.78, 5) is 0. The zero-order valence-corrected chi connectivity index (χ0v) is 15.8. The third-order valence-electron chi connectivity index (χ3n) is 4.12. The fourth-order valence-electron chi connectivity index (χ4n) is 2.51. The molecule has 0 saturated carbocycles. The van der Waals surface area contributed by atoms with Crippen LogP contribution in [0, 0.1) is 11.8 Å². The van der Waals surface area contributed by atoms with Gasteiger partial charge in [0.2, 0.25) is 0 Å². The predicted molar refractivity (Wildman–Crippen MR) is 117 cm³/mol. The molecule has 0 spiro atoms. The van der Waals surface area contributed by atoms with Crippen molar-refractivity contribution in [2.75, 3.05) is 0 Å². The van der Waals surface area contributed by atoms with E-state index in [-0.39, 0.29) is 14.9 Å². The van der Waals surface area contributed by atoms with Gasteiger partial charge in [-0.05, 0) is 41.7 Å². The molecule has 1 aromatic carbocycles. The van der Waals surface area contributed by atoms with Crippen LogP contribution in [0.15, 0.2) is 48.6 Å². The average Bonchev–Trinajstić information content (AvgIpc) is 2.59. The highest BCUT2D eigenvalue weighted by Crippen LogP contribution is 2.21. The van der Waals surface area contributed by atoms with E-state index in [4.69, 9.17) is 0 Å². The molecule has 0 amide bonds. The highest BCUT2D eigenvalue weighted by molar-refractivity contribution is 5.58. The van der Waals surface area contributed by atoms with Crippen molar-refractivity contribution in [3.63, 3.8) is 0 Å². The summed E-state index contributed by atoms with van der Waals surface area (Å²) < 4.78 is 0. The minimum Gasteiger partial charge on any atom is -0.0811 e. The van der Waals surface area contributed by atoms with E-state index in [0.717, 1.165) is 0 Å². The monoisotopic (exact) mass is 330 g/mol. The Balaban J connectivity index is -0.000000684. The molecular weight excluding hydrogens is 288 g/mol. The number of benzene rings is 1. The van der Waals surface area contributed by atoms with Crippen molar-refractivity contribution in [3.8, 4) is 0 Å². The van der Waals surface area contributed by atoms with E-state index in [9.17, 15) is 0 Å². The van der Waals surface area contributed by atoms with E-state index in [1.807, 2.05) is 27.7 Å². The van der Waals surface area contributed by atoms with Gasteiger partial charge >= 0.3 is 0 Å². The molecule has 0 fully saturated rings. The van der Waals surface area contributed by atoms with E-state index in [2.05, 4.69) is 76.3 Å². The van der Waals surface area contributed by atoms with E-state index in [1.54, 1.807) is 0 Å². The molecule has 0 heterocycles. The van der Waals surface area contributed by atoms with E-state index >= 15 is 0 Å². The normalized spacial score (nSPS) is 25.7. The molecule has 0 aromatic heterocycles. The molecule has 2 atom stereocenters. The van der Waals surface area contributed by atoms with Gasteiger partial charge in [-0.1, -0.05) is 111 Å². The fourth-order valence-corrected chi connectivity index (χ4v) is 2.51. The Morgan fingerprint density at radius 1 is 0.750 bits per heavy atom. The molecule has 0 bridgehead atoms. The maximum atomic E-state index is 2.32. The van der Waals surface area contributed by atoms with Crippen LogP contribution in [-0.4, -0.2) is 0 Å². The van der Waals surface area contributed by atoms with Crippen LogP contribution in [0.3, 0.4) is 0 Å². The van der Waals surface area contributed by atoms with Crippen molar-refractivity contribution in [2.24, 2.45) is 11.8 Å². The van der Waals surface area contributed by atoms with Crippen LogP contribution in [0.25, 0.3) is 11.1 Å². The standard InChI is InChI=1S/C18H22.2C2H6.2CH4/c1-13-9-5-6-10-14(2)17-11-7-8-12-18(17)16(4)15(13)3;2*1-2;;/h5-13,15H,1-4H3;2*1-2H3;2*1H4/b9-5-,10-6+,17-14-,18-16-;;;;. The van der Waals surface area contributed by atoms with Gasteiger partial charge in [0.1, 0.15) is 0 Å². The smallest absolute Gasteiger partial charge is 0.0155 e. The lowest BCUT2D eigenvalue weighted by Crippen LogP contribution is -2.30. The average molecular weight is 331 g/mol. The molecular formula is C24H42. The lowest BCUT2D eigenvalue weighted by atomic mass is 9.87. The molecule has 2 rings (SSSR count). The second-order valence-corrected chi connectivity index (χ2v) is 5.30. The number of fused-ring (bicyclic) bond motifs is 1. The van der Waals surface area contributed by atoms with Gasteiger partial charge in [-0.2, -0.15) is 0 Å². The SMILES string of the molecule is C.C.CC.CC.CC1=c2\cccc\c2=C(/C)C(C)C(C)/C=C\C=C\1. The summed E-state index contributed by atoms with van der Waals surface area (Å²) >= 11 is 0. The van der Waals surface area contributed by atoms with Crippen LogP contribution in [0.2, 0.25) is 0 Å². The second-order valence-electron chi connectivity index (χ2n) is 5.30. The van der Waals surface area contributed by atoms with Crippen LogP contribution in [0.4, 0.5) is 0 Å². The van der Waals surface area contributed by atoms with Gasteiger partial charge in [0.15, 0.2) is 0 Å². The summed E-state index contributed by atoms with van der Waals surface area (Å²) in [6.45, 7) is 17.1. The Hall–Kier alpha value is -1.56. The first kappa shape index (κ1) is 27.3. The van der Waals surface area contributed by atoms with Crippen molar-refractivity contribution < 1.29 is 0 Å². The third-order valence-corrected chi connectivity index (χ3v) is 4.12. The highest BCUT2D eigenvalue weighted by Gasteiger charge is 2.12. The van der Waals surface area contributed by atoms with Crippen LogP contribution in [0.1, 0.15) is 70.2 Å². The molecule has 24 heavy (non-hydrogen) atoms. The van der Waals surface area contributed by atoms with Gasteiger partial charge < -0.3 is 0 Å². The first-order valence-corrected chi connectivity index (χ1v) is 8.73. The summed E-state index contributed by atoms with van der Waals surface area (Å²) in [6.07, 6.45) is 8.82. The Morgan fingerprint density at radius 3 is 1.79 bits per heavy atom. The Kier molecular flexibility index (Phi) is 17.1. The van der Waals surface area contributed by atoms with E-state index in [0.29, 0.717) is 11.8 Å². The number of hydrogen-bond donors (Lipinski definition) is 0. The molecule has 1 aliphatic rings. The lowest BCUT2D eigenvalue weighted by molar-refractivity contribution is 0.568. The van der Waals surface area contributed by atoms with E-state index in [1.165, 1.54) is 21.6 Å². The van der Waals surface area contributed by atoms with Crippen molar-refractivity contribution in [1.82, 2.24) is 0 Å². The molecule has 0 aliphatic heterocycles. The Morgan fingerprint density at radius 2 is 1.25 bits per heavy atom. The quantitative estimate of drug-likeness (QED) is 0.493. The first-order valence-electron chi connectivity index (χ1n) is 8.73. The first-order chi connectivity index (χ1) is 10.6. The van der Waals surface area contributed by atoms with Gasteiger partial charge in [-0.15, -0.1) is 0 Å². The number of hydrogen-bond acceptors (Lipinski definition) is 0. The van der Waals surface area contributed by atoms with Crippen molar-refractivity contribution in [3.05, 3.63) is 59.0 Å². The number of rotatable bonds is 0. The molecule has 1 aliphatic carbocycles. The van der Waals surface area contributed by atoms with Crippen LogP contribution in [-0.2, 0) is 0 Å². The Bertz CT molecular complexity index is 599. The lowest BCUT2D eigenvalue weighted by Gasteiger charge is -2.18. The van der Waals surface area contributed by atoms with Crippen LogP contribution < -0.4 is 10.4 Å². The van der Waals surface area contributed by atoms with Gasteiger partial charge in [0, 0.05) is 0 Å². The molecule has 2 unspecified atom stereocenters. The van der Waals surface area contributed by atoms with Crippen LogP contribution in [0.5, 0.6) is 0 Å². The highest BCUT2D eigenvalue weighted by atomic mass is 14.2. The molecule has 0 nitrogen and oxygen atoms in total. The fraction of sp³-hybridized carbons (Fsp3) is 0.500. The summed E-state index contributed by atoms with van der Waals surface area (Å²) in [6, 6.07) is 8.73. The molecule has 0 saturated heterocycles. The predicted octanol–water partition coefficient (Wildman–Crippen LogP) is 6.75. The summed E-state index contributed by atoms with van der Waals surface area (Å²) in [5.41, 5.74) is 2.81. The second kappa shape index (κ2) is 15.0. The zero-order valence-electron chi connectivity index (χ0n) is 15.8. The minimum atomic E-state index is 0. The van der Waals surface area contributed by atoms with Crippen LogP contribution >= 0.6 is 0 Å². The maximum absolute atomic E-state index is 2.32. The summed E-state index contributed by atoms with van der Waals surface area (Å²) in [5, 5.41) is 2.76. The molecule has 0 heteroatoms. The summed E-state index contributed by atoms with van der Waals surface area (Å²) in [7, 11) is 0. The summed E-state index contributed by atoms with van der Waals surface area (Å²) in [5.74, 6) is 1.14. The Labute approximate surface area is 152 Å². The molecule has 1 aromatic rings. The van der Waals surface area contributed by atoms with Crippen molar-refractivity contribution in [1.29, 1.82) is 0 Å². The maximum Gasteiger partial charge on any atom is -0.0155 e. The topological polar surface area (TPSA) is 0 Å². The molecule has 0 radical (unpaired) electrons.